The van der Waals surface area contributed by atoms with Gasteiger partial charge in [0.15, 0.2) is 0 Å². The van der Waals surface area contributed by atoms with Gasteiger partial charge in [-0.05, 0) is 19.8 Å². The van der Waals surface area contributed by atoms with Gasteiger partial charge in [-0.1, -0.05) is 24.4 Å². The van der Waals surface area contributed by atoms with E-state index in [2.05, 4.69) is 19.8 Å². The molecule has 2 fully saturated rings. The number of aromatic nitrogens is 2. The van der Waals surface area contributed by atoms with Crippen LogP contribution in [-0.4, -0.2) is 84.6 Å². The SMILES string of the molecule is CC1S[C@@H]2C(N(C(=O)C=NOCCCNC(=O)CC3(N)CCCCC3)c3nsc(N)n3)C(=O)N2C=C1C(=O)O. The highest BCUT2D eigenvalue weighted by Crippen LogP contribution is 2.43. The molecule has 3 heterocycles. The molecule has 2 aliphatic heterocycles. The molecule has 14 nitrogen and oxygen atoms in total. The summed E-state index contributed by atoms with van der Waals surface area (Å²) in [6.45, 7) is 2.24. The largest absolute Gasteiger partial charge is 0.478 e. The number of hydrogen-bond acceptors (Lipinski definition) is 12. The van der Waals surface area contributed by atoms with Gasteiger partial charge in [-0.15, -0.1) is 11.8 Å². The first-order chi connectivity index (χ1) is 18.6. The average Bonchev–Trinajstić information content (AvgIpc) is 3.31. The van der Waals surface area contributed by atoms with E-state index in [1.165, 1.54) is 22.9 Å². The van der Waals surface area contributed by atoms with E-state index in [1.54, 1.807) is 6.92 Å². The van der Waals surface area contributed by atoms with Crippen LogP contribution in [0.15, 0.2) is 16.9 Å². The number of amides is 3. The lowest BCUT2D eigenvalue weighted by molar-refractivity contribution is -0.142. The zero-order chi connectivity index (χ0) is 28.2. The number of carbonyl (C=O) groups is 4. The number of β-lactam (4-membered cyclic amide) rings is 1. The molecular weight excluding hydrogens is 548 g/mol. The van der Waals surface area contributed by atoms with Crippen LogP contribution in [0.1, 0.15) is 51.9 Å². The van der Waals surface area contributed by atoms with Gasteiger partial charge in [-0.2, -0.15) is 9.36 Å². The number of carboxylic acids is 1. The zero-order valence-electron chi connectivity index (χ0n) is 21.4. The van der Waals surface area contributed by atoms with Gasteiger partial charge in [0.05, 0.1) is 5.57 Å². The van der Waals surface area contributed by atoms with E-state index in [0.29, 0.717) is 19.4 Å². The molecule has 1 saturated carbocycles. The van der Waals surface area contributed by atoms with Crippen molar-refractivity contribution in [2.45, 2.75) is 74.1 Å². The first-order valence-electron chi connectivity index (χ1n) is 12.7. The predicted molar refractivity (Wildman–Crippen MR) is 146 cm³/mol. The minimum absolute atomic E-state index is 0.0495. The molecule has 3 atom stereocenters. The van der Waals surface area contributed by atoms with E-state index in [9.17, 15) is 24.3 Å². The summed E-state index contributed by atoms with van der Waals surface area (Å²) >= 11 is 2.11. The lowest BCUT2D eigenvalue weighted by Gasteiger charge is -2.50. The number of nitrogens with two attached hydrogens (primary N) is 2. The third kappa shape index (κ3) is 6.67. The van der Waals surface area contributed by atoms with Crippen LogP contribution in [0.2, 0.25) is 0 Å². The number of carboxylic acid groups (broad SMARTS) is 1. The highest BCUT2D eigenvalue weighted by molar-refractivity contribution is 8.00. The minimum atomic E-state index is -1.11. The van der Waals surface area contributed by atoms with Crippen molar-refractivity contribution in [3.05, 3.63) is 11.8 Å². The Morgan fingerprint density at radius 2 is 2.10 bits per heavy atom. The molecule has 0 bridgehead atoms. The Morgan fingerprint density at radius 3 is 2.77 bits per heavy atom. The standard InChI is InChI=1S/C23H32N8O6S2/c1-13-14(20(35)36)12-30-18(34)17(19(30)38-13)31(22-28-21(24)39-29-22)16(33)11-27-37-9-5-8-26-15(32)10-23(25)6-3-2-4-7-23/h11-13,17,19H,2-10,25H2,1H3,(H,26,32)(H,35,36)(H2,24,28,29)/t13?,17?,19-/m1/s1. The van der Waals surface area contributed by atoms with Crippen LogP contribution in [0.4, 0.5) is 11.1 Å². The monoisotopic (exact) mass is 580 g/mol. The van der Waals surface area contributed by atoms with Crippen LogP contribution >= 0.6 is 23.3 Å². The van der Waals surface area contributed by atoms with Crippen molar-refractivity contribution in [2.24, 2.45) is 10.9 Å². The number of aliphatic carboxylic acids is 1. The van der Waals surface area contributed by atoms with Gasteiger partial charge in [-0.3, -0.25) is 19.3 Å². The summed E-state index contributed by atoms with van der Waals surface area (Å²) in [5, 5.41) is 15.1. The van der Waals surface area contributed by atoms with Crippen molar-refractivity contribution in [2.75, 3.05) is 23.8 Å². The highest BCUT2D eigenvalue weighted by atomic mass is 32.2. The van der Waals surface area contributed by atoms with Crippen molar-refractivity contribution < 1.29 is 29.1 Å². The number of oxime groups is 1. The number of hydrogen-bond donors (Lipinski definition) is 4. The van der Waals surface area contributed by atoms with Gasteiger partial charge in [-0.25, -0.2) is 4.79 Å². The molecule has 39 heavy (non-hydrogen) atoms. The van der Waals surface area contributed by atoms with E-state index >= 15 is 0 Å². The number of nitrogen functional groups attached to an aromatic ring is 1. The summed E-state index contributed by atoms with van der Waals surface area (Å²) in [7, 11) is 0. The Balaban J connectivity index is 1.29. The normalized spacial score (nSPS) is 23.9. The maximum atomic E-state index is 13.1. The zero-order valence-corrected chi connectivity index (χ0v) is 23.1. The smallest absolute Gasteiger partial charge is 0.334 e. The number of nitrogens with one attached hydrogen (secondary N) is 1. The number of thioether (sulfide) groups is 1. The number of fused-ring (bicyclic) bond motifs is 1. The molecule has 2 unspecified atom stereocenters. The lowest BCUT2D eigenvalue weighted by Crippen LogP contribution is -2.70. The van der Waals surface area contributed by atoms with Crippen LogP contribution in [-0.2, 0) is 24.0 Å². The van der Waals surface area contributed by atoms with E-state index in [4.69, 9.17) is 16.3 Å². The van der Waals surface area contributed by atoms with Gasteiger partial charge in [0, 0.05) is 47.9 Å². The maximum absolute atomic E-state index is 13.1. The first kappa shape index (κ1) is 28.8. The number of carbonyl (C=O) groups excluding carboxylic acids is 3. The van der Waals surface area contributed by atoms with Crippen molar-refractivity contribution in [1.82, 2.24) is 19.6 Å². The average molecular weight is 581 g/mol. The fourth-order valence-corrected chi connectivity index (χ4v) is 6.65. The van der Waals surface area contributed by atoms with Crippen molar-refractivity contribution in [3.63, 3.8) is 0 Å². The van der Waals surface area contributed by atoms with Crippen LogP contribution in [0.3, 0.4) is 0 Å². The second-order valence-electron chi connectivity index (χ2n) is 9.76. The molecule has 4 rings (SSSR count). The van der Waals surface area contributed by atoms with E-state index in [1.807, 2.05) is 0 Å². The van der Waals surface area contributed by atoms with Crippen LogP contribution < -0.4 is 21.7 Å². The Bertz CT molecular complexity index is 1170. The summed E-state index contributed by atoms with van der Waals surface area (Å²) < 4.78 is 4.08. The third-order valence-corrected chi connectivity index (χ3v) is 8.81. The number of nitrogens with zero attached hydrogens (tertiary/aromatic N) is 5. The summed E-state index contributed by atoms with van der Waals surface area (Å²) in [6.07, 6.45) is 7.95. The van der Waals surface area contributed by atoms with E-state index in [-0.39, 0.29) is 29.2 Å². The molecule has 1 aromatic heterocycles. The van der Waals surface area contributed by atoms with Gasteiger partial charge < -0.3 is 31.6 Å². The molecule has 0 spiro atoms. The second-order valence-corrected chi connectivity index (χ2v) is 12.0. The summed E-state index contributed by atoms with van der Waals surface area (Å²) in [5.41, 5.74) is 11.7. The van der Waals surface area contributed by atoms with Gasteiger partial charge in [0.2, 0.25) is 17.0 Å². The van der Waals surface area contributed by atoms with Gasteiger partial charge in [0.25, 0.3) is 11.8 Å². The first-order valence-corrected chi connectivity index (χ1v) is 14.4. The highest BCUT2D eigenvalue weighted by Gasteiger charge is 2.55. The molecule has 1 aliphatic carbocycles. The molecule has 1 saturated heterocycles. The summed E-state index contributed by atoms with van der Waals surface area (Å²) in [5.74, 6) is -2.42. The Morgan fingerprint density at radius 1 is 1.36 bits per heavy atom. The van der Waals surface area contributed by atoms with Crippen LogP contribution in [0.25, 0.3) is 0 Å². The molecule has 0 radical (unpaired) electrons. The molecule has 16 heteroatoms. The fourth-order valence-electron chi connectivity index (χ4n) is 4.81. The van der Waals surface area contributed by atoms with Gasteiger partial charge >= 0.3 is 5.97 Å². The quantitative estimate of drug-likeness (QED) is 0.124. The third-order valence-electron chi connectivity index (χ3n) is 6.85. The van der Waals surface area contributed by atoms with Crippen molar-refractivity contribution in [3.8, 4) is 0 Å². The predicted octanol–water partition coefficient (Wildman–Crippen LogP) is 0.654. The molecule has 3 aliphatic rings. The Hall–Kier alpha value is -3.24. The molecule has 6 N–H and O–H groups in total. The maximum Gasteiger partial charge on any atom is 0.334 e. The lowest BCUT2D eigenvalue weighted by atomic mass is 9.80. The summed E-state index contributed by atoms with van der Waals surface area (Å²) in [6, 6.07) is -0.970. The van der Waals surface area contributed by atoms with Crippen molar-refractivity contribution >= 4 is 64.3 Å². The number of rotatable bonds is 11. The topological polar surface area (TPSA) is 206 Å². The minimum Gasteiger partial charge on any atom is -0.478 e. The molecule has 3 amide bonds. The second kappa shape index (κ2) is 12.3. The molecular formula is C23H32N8O6S2. The molecule has 0 aromatic carbocycles. The molecule has 212 valence electrons. The van der Waals surface area contributed by atoms with Gasteiger partial charge in [0.1, 0.15) is 24.2 Å². The van der Waals surface area contributed by atoms with E-state index < -0.39 is 40.0 Å². The van der Waals surface area contributed by atoms with Crippen LogP contribution in [0.5, 0.6) is 0 Å². The molecule has 1 aromatic rings. The fraction of sp³-hybridized carbons (Fsp3) is 0.609. The Kier molecular flexibility index (Phi) is 9.07. The van der Waals surface area contributed by atoms with E-state index in [0.717, 1.165) is 54.8 Å². The van der Waals surface area contributed by atoms with Crippen LogP contribution in [0, 0.1) is 0 Å². The number of anilines is 2. The Labute approximate surface area is 233 Å². The van der Waals surface area contributed by atoms with Crippen molar-refractivity contribution in [1.29, 1.82) is 0 Å². The summed E-state index contributed by atoms with van der Waals surface area (Å²) in [4.78, 5) is 61.3.